The van der Waals surface area contributed by atoms with Crippen LogP contribution in [-0.4, -0.2) is 35.1 Å². The van der Waals surface area contributed by atoms with E-state index in [4.69, 9.17) is 9.59 Å². The molecular formula is C2H10MgN4O2. The zero-order valence-corrected chi connectivity index (χ0v) is 4.13. The number of nitrogens with two attached hydrogens (primary N) is 4. The Bertz CT molecular complexity index is 74.6. The standard InChI is InChI=1S/2CH4N2O.Mg.2H/c2*2-1(3)4;;;/h2*(H4,2,3,4);;;. The summed E-state index contributed by atoms with van der Waals surface area (Å²) in [7, 11) is 0. The molecule has 8 N–H and O–H groups in total. The van der Waals surface area contributed by atoms with E-state index in [0.717, 1.165) is 0 Å². The Balaban J connectivity index is -0.0000000720. The molecule has 0 aromatic rings. The second kappa shape index (κ2) is 10.3. The number of carbonyl (C=O) groups is 2. The maximum atomic E-state index is 9.00. The van der Waals surface area contributed by atoms with Crippen molar-refractivity contribution in [3.63, 3.8) is 0 Å². The van der Waals surface area contributed by atoms with Crippen LogP contribution in [-0.2, 0) is 0 Å². The van der Waals surface area contributed by atoms with Crippen LogP contribution in [0, 0.1) is 0 Å². The smallest absolute Gasteiger partial charge is 0.316 e. The van der Waals surface area contributed by atoms with E-state index in [1.807, 2.05) is 0 Å². The Labute approximate surface area is 68.1 Å². The number of carbonyl (C=O) groups excluding carboxylic acids is 2. The van der Waals surface area contributed by atoms with Crippen LogP contribution in [0.1, 0.15) is 0 Å². The third-order valence-corrected chi connectivity index (χ3v) is 0. The van der Waals surface area contributed by atoms with Gasteiger partial charge in [0.25, 0.3) is 0 Å². The normalized spacial score (nSPS) is 5.33. The van der Waals surface area contributed by atoms with Crippen LogP contribution in [0.25, 0.3) is 0 Å². The number of hydrogen-bond donors (Lipinski definition) is 4. The van der Waals surface area contributed by atoms with Gasteiger partial charge in [0.05, 0.1) is 0 Å². The number of hydrogen-bond acceptors (Lipinski definition) is 2. The van der Waals surface area contributed by atoms with Crippen molar-refractivity contribution in [1.82, 2.24) is 0 Å². The van der Waals surface area contributed by atoms with E-state index in [1.165, 1.54) is 0 Å². The van der Waals surface area contributed by atoms with Crippen LogP contribution in [0.15, 0.2) is 0 Å². The first kappa shape index (κ1) is 15.7. The van der Waals surface area contributed by atoms with Gasteiger partial charge in [0.2, 0.25) is 0 Å². The third kappa shape index (κ3) is 427. The van der Waals surface area contributed by atoms with Gasteiger partial charge in [-0.25, -0.2) is 9.59 Å². The molecule has 0 spiro atoms. The summed E-state index contributed by atoms with van der Waals surface area (Å²) in [6.45, 7) is 0. The van der Waals surface area contributed by atoms with Crippen LogP contribution in [0.5, 0.6) is 0 Å². The monoisotopic (exact) mass is 146 g/mol. The van der Waals surface area contributed by atoms with Gasteiger partial charge in [-0.05, 0) is 0 Å². The fraction of sp³-hybridized carbons (Fsp3) is 0. The molecule has 0 aliphatic carbocycles. The second-order valence-electron chi connectivity index (χ2n) is 0.805. The molecule has 7 heteroatoms. The summed E-state index contributed by atoms with van der Waals surface area (Å²) in [6.07, 6.45) is 0. The first-order valence-electron chi connectivity index (χ1n) is 1.56. The first-order chi connectivity index (χ1) is 3.46. The predicted molar refractivity (Wildman–Crippen MR) is 36.1 cm³/mol. The first-order valence-corrected chi connectivity index (χ1v) is 1.56. The van der Waals surface area contributed by atoms with E-state index in [2.05, 4.69) is 22.9 Å². The Morgan fingerprint density at radius 3 is 0.778 bits per heavy atom. The van der Waals surface area contributed by atoms with Crippen molar-refractivity contribution >= 4 is 35.1 Å². The van der Waals surface area contributed by atoms with E-state index in [1.54, 1.807) is 0 Å². The summed E-state index contributed by atoms with van der Waals surface area (Å²) < 4.78 is 0. The highest BCUT2D eigenvalue weighted by atomic mass is 24.3. The molecule has 4 amide bonds. The van der Waals surface area contributed by atoms with E-state index in [0.29, 0.717) is 0 Å². The minimum absolute atomic E-state index is 0. The summed E-state index contributed by atoms with van der Waals surface area (Å²) in [4.78, 5) is 18.0. The second-order valence-corrected chi connectivity index (χ2v) is 0.805. The van der Waals surface area contributed by atoms with Crippen LogP contribution in [0.2, 0.25) is 0 Å². The number of amides is 4. The van der Waals surface area contributed by atoms with Crippen molar-refractivity contribution in [1.29, 1.82) is 0 Å². The average Bonchev–Trinajstić information content (AvgIpc) is 1.25. The Hall–Kier alpha value is -0.694. The Morgan fingerprint density at radius 1 is 0.778 bits per heavy atom. The van der Waals surface area contributed by atoms with Gasteiger partial charge in [-0.1, -0.05) is 0 Å². The Kier molecular flexibility index (Phi) is 18.1. The fourth-order valence-electron chi connectivity index (χ4n) is 0. The van der Waals surface area contributed by atoms with Gasteiger partial charge < -0.3 is 22.9 Å². The summed E-state index contributed by atoms with van der Waals surface area (Å²) in [5.41, 5.74) is 17.0. The van der Waals surface area contributed by atoms with Gasteiger partial charge >= 0.3 is 35.1 Å². The molecule has 52 valence electrons. The molecule has 0 rings (SSSR count). The molecule has 0 saturated heterocycles. The number of urea groups is 2. The highest BCUT2D eigenvalue weighted by Crippen LogP contribution is 1.26. The Morgan fingerprint density at radius 2 is 0.778 bits per heavy atom. The highest BCUT2D eigenvalue weighted by molar-refractivity contribution is 5.75. The fourth-order valence-corrected chi connectivity index (χ4v) is 0. The molecule has 0 heterocycles. The van der Waals surface area contributed by atoms with Crippen molar-refractivity contribution in [2.75, 3.05) is 0 Å². The molecule has 0 bridgehead atoms. The van der Waals surface area contributed by atoms with Crippen molar-refractivity contribution in [3.8, 4) is 0 Å². The summed E-state index contributed by atoms with van der Waals surface area (Å²) in [5, 5.41) is 0. The number of primary amides is 4. The molecule has 9 heavy (non-hydrogen) atoms. The minimum atomic E-state index is -0.833. The van der Waals surface area contributed by atoms with E-state index in [9.17, 15) is 0 Å². The largest absolute Gasteiger partial charge is 0.352 e. The predicted octanol–water partition coefficient (Wildman–Crippen LogP) is -2.87. The highest BCUT2D eigenvalue weighted by Gasteiger charge is 1.61. The molecule has 0 unspecified atom stereocenters. The van der Waals surface area contributed by atoms with Crippen molar-refractivity contribution < 1.29 is 9.59 Å². The molecule has 6 nitrogen and oxygen atoms in total. The number of rotatable bonds is 0. The molecule has 0 saturated carbocycles. The lowest BCUT2D eigenvalue weighted by Gasteiger charge is -1.62. The maximum Gasteiger partial charge on any atom is 0.316 e. The third-order valence-electron chi connectivity index (χ3n) is 0. The van der Waals surface area contributed by atoms with E-state index in [-0.39, 0.29) is 23.1 Å². The lowest BCUT2D eigenvalue weighted by molar-refractivity contribution is 0.255. The maximum absolute atomic E-state index is 9.00. The van der Waals surface area contributed by atoms with Gasteiger partial charge in [0.1, 0.15) is 0 Å². The van der Waals surface area contributed by atoms with Gasteiger partial charge in [0, 0.05) is 0 Å². The van der Waals surface area contributed by atoms with Gasteiger partial charge in [0.15, 0.2) is 0 Å². The zero-order chi connectivity index (χ0) is 7.15. The lowest BCUT2D eigenvalue weighted by atomic mass is 11.2. The minimum Gasteiger partial charge on any atom is -0.352 e. The van der Waals surface area contributed by atoms with E-state index < -0.39 is 12.1 Å². The molecule has 0 atom stereocenters. The zero-order valence-electron chi connectivity index (χ0n) is 4.13. The van der Waals surface area contributed by atoms with Crippen LogP contribution in [0.4, 0.5) is 9.59 Å². The van der Waals surface area contributed by atoms with Gasteiger partial charge in [-0.3, -0.25) is 0 Å². The molecule has 0 aromatic heterocycles. The molecule has 0 radical (unpaired) electrons. The molecule has 0 aliphatic rings. The van der Waals surface area contributed by atoms with Crippen molar-refractivity contribution in [2.24, 2.45) is 22.9 Å². The topological polar surface area (TPSA) is 138 Å². The van der Waals surface area contributed by atoms with Crippen molar-refractivity contribution in [2.45, 2.75) is 0 Å². The summed E-state index contributed by atoms with van der Waals surface area (Å²) in [5.74, 6) is 0. The lowest BCUT2D eigenvalue weighted by Crippen LogP contribution is -2.18. The molecule has 0 fully saturated rings. The van der Waals surface area contributed by atoms with Crippen LogP contribution < -0.4 is 22.9 Å². The summed E-state index contributed by atoms with van der Waals surface area (Å²) in [6, 6.07) is -1.67. The quantitative estimate of drug-likeness (QED) is 0.273. The van der Waals surface area contributed by atoms with Crippen LogP contribution >= 0.6 is 0 Å². The van der Waals surface area contributed by atoms with Crippen LogP contribution in [0.3, 0.4) is 0 Å². The van der Waals surface area contributed by atoms with Gasteiger partial charge in [-0.15, -0.1) is 0 Å². The van der Waals surface area contributed by atoms with Gasteiger partial charge in [-0.2, -0.15) is 0 Å². The summed E-state index contributed by atoms with van der Waals surface area (Å²) >= 11 is 0. The average molecular weight is 146 g/mol. The molecule has 0 aliphatic heterocycles. The van der Waals surface area contributed by atoms with Crippen molar-refractivity contribution in [3.05, 3.63) is 0 Å². The molecular weight excluding hydrogens is 136 g/mol. The molecule has 0 aromatic carbocycles. The SMILES string of the molecule is NC(N)=O.NC(N)=O.[MgH2]. The van der Waals surface area contributed by atoms with E-state index >= 15 is 0 Å².